The summed E-state index contributed by atoms with van der Waals surface area (Å²) in [5, 5.41) is 11.2. The number of halogens is 1. The van der Waals surface area contributed by atoms with Crippen molar-refractivity contribution in [2.75, 3.05) is 36.8 Å². The Morgan fingerprint density at radius 1 is 1.20 bits per heavy atom. The Morgan fingerprint density at radius 2 is 1.88 bits per heavy atom. The lowest BCUT2D eigenvalue weighted by Crippen LogP contribution is -2.50. The summed E-state index contributed by atoms with van der Waals surface area (Å²) in [6.45, 7) is 2.68. The number of carbonyl (C=O) groups excluding carboxylic acids is 2. The molecule has 0 bridgehead atoms. The lowest BCUT2D eigenvalue weighted by atomic mass is 10.1. The van der Waals surface area contributed by atoms with Gasteiger partial charge in [0.05, 0.1) is 5.97 Å². The minimum Gasteiger partial charge on any atom is -0.549 e. The van der Waals surface area contributed by atoms with E-state index in [1.54, 1.807) is 6.07 Å². The molecular weight excluding hydrogens is 364 g/mol. The van der Waals surface area contributed by atoms with E-state index < -0.39 is 5.97 Å². The molecule has 2 aliphatic rings. The molecule has 0 N–H and O–H groups in total. The van der Waals surface area contributed by atoms with E-state index in [0.29, 0.717) is 37.2 Å². The van der Waals surface area contributed by atoms with E-state index in [1.807, 2.05) is 4.90 Å². The van der Waals surface area contributed by atoms with Crippen LogP contribution in [0.5, 0.6) is 0 Å². The first kappa shape index (κ1) is 18.3. The number of amides is 1. The zero-order valence-electron chi connectivity index (χ0n) is 13.8. The summed E-state index contributed by atoms with van der Waals surface area (Å²) >= 11 is 7.01. The van der Waals surface area contributed by atoms with Gasteiger partial charge in [-0.05, 0) is 12.8 Å². The number of rotatable bonds is 5. The number of thioether (sulfide) groups is 1. The molecular formula is C16H20ClN4O3S-. The number of hydrogen-bond donors (Lipinski definition) is 0. The third kappa shape index (κ3) is 4.76. The summed E-state index contributed by atoms with van der Waals surface area (Å²) in [5.41, 5.74) is 0. The van der Waals surface area contributed by atoms with Crippen LogP contribution in [0.3, 0.4) is 0 Å². The summed E-state index contributed by atoms with van der Waals surface area (Å²) in [4.78, 5) is 35.5. The largest absolute Gasteiger partial charge is 0.549 e. The summed E-state index contributed by atoms with van der Waals surface area (Å²) < 4.78 is 0. The highest BCUT2D eigenvalue weighted by atomic mass is 35.5. The Balaban J connectivity index is 1.60. The first-order valence-electron chi connectivity index (χ1n) is 8.44. The maximum Gasteiger partial charge on any atom is 0.225 e. The third-order valence-corrected chi connectivity index (χ3v) is 5.61. The van der Waals surface area contributed by atoms with Gasteiger partial charge in [-0.25, -0.2) is 9.97 Å². The Kier molecular flexibility index (Phi) is 6.01. The Morgan fingerprint density at radius 3 is 2.52 bits per heavy atom. The molecule has 1 aromatic heterocycles. The average Bonchev–Trinajstić information content (AvgIpc) is 3.13. The highest BCUT2D eigenvalue weighted by Crippen LogP contribution is 2.28. The van der Waals surface area contributed by atoms with Crippen molar-refractivity contribution >= 4 is 41.1 Å². The average molecular weight is 384 g/mol. The van der Waals surface area contributed by atoms with Crippen LogP contribution in [0.4, 0.5) is 5.82 Å². The first-order valence-corrected chi connectivity index (χ1v) is 9.80. The molecule has 0 spiro atoms. The molecule has 2 heterocycles. The van der Waals surface area contributed by atoms with Gasteiger partial charge < -0.3 is 19.7 Å². The zero-order valence-corrected chi connectivity index (χ0v) is 15.4. The van der Waals surface area contributed by atoms with Crippen molar-refractivity contribution in [2.45, 2.75) is 30.8 Å². The Labute approximate surface area is 155 Å². The van der Waals surface area contributed by atoms with Crippen LogP contribution in [0.2, 0.25) is 5.15 Å². The number of aliphatic carboxylic acids is 1. The van der Waals surface area contributed by atoms with Crippen molar-refractivity contribution in [1.82, 2.24) is 14.9 Å². The molecule has 0 radical (unpaired) electrons. The fraction of sp³-hybridized carbons (Fsp3) is 0.625. The number of carboxylic acids is 1. The van der Waals surface area contributed by atoms with Crippen LogP contribution in [0.1, 0.15) is 25.7 Å². The van der Waals surface area contributed by atoms with Crippen LogP contribution in [-0.2, 0) is 9.59 Å². The molecule has 1 aliphatic heterocycles. The highest BCUT2D eigenvalue weighted by Gasteiger charge is 2.29. The first-order chi connectivity index (χ1) is 12.0. The van der Waals surface area contributed by atoms with Crippen molar-refractivity contribution in [3.05, 3.63) is 11.2 Å². The summed E-state index contributed by atoms with van der Waals surface area (Å²) in [6.07, 6.45) is 4.34. The van der Waals surface area contributed by atoms with Gasteiger partial charge in [0.1, 0.15) is 11.0 Å². The van der Waals surface area contributed by atoms with E-state index in [9.17, 15) is 14.7 Å². The number of carboxylic acid groups (broad SMARTS) is 1. The number of carbonyl (C=O) groups is 2. The lowest BCUT2D eigenvalue weighted by Gasteiger charge is -2.36. The second kappa shape index (κ2) is 8.23. The minimum atomic E-state index is -1.17. The number of hydrogen-bond acceptors (Lipinski definition) is 7. The molecule has 0 atom stereocenters. The zero-order chi connectivity index (χ0) is 17.8. The van der Waals surface area contributed by atoms with E-state index in [4.69, 9.17) is 11.6 Å². The predicted molar refractivity (Wildman–Crippen MR) is 93.5 cm³/mol. The minimum absolute atomic E-state index is 0.202. The molecule has 25 heavy (non-hydrogen) atoms. The van der Waals surface area contributed by atoms with Gasteiger partial charge in [0.15, 0.2) is 5.16 Å². The fourth-order valence-corrected chi connectivity index (χ4v) is 4.12. The van der Waals surface area contributed by atoms with Crippen LogP contribution in [0.25, 0.3) is 0 Å². The smallest absolute Gasteiger partial charge is 0.225 e. The summed E-state index contributed by atoms with van der Waals surface area (Å²) in [5.74, 6) is -0.248. The molecule has 2 fully saturated rings. The maximum atomic E-state index is 12.5. The summed E-state index contributed by atoms with van der Waals surface area (Å²) in [6, 6.07) is 1.67. The number of nitrogens with zero attached hydrogens (tertiary/aromatic N) is 4. The number of anilines is 1. The van der Waals surface area contributed by atoms with Crippen LogP contribution in [0.15, 0.2) is 11.2 Å². The van der Waals surface area contributed by atoms with E-state index in [-0.39, 0.29) is 22.7 Å². The fourth-order valence-electron chi connectivity index (χ4n) is 3.32. The van der Waals surface area contributed by atoms with E-state index >= 15 is 0 Å². The van der Waals surface area contributed by atoms with Crippen LogP contribution in [-0.4, -0.2) is 58.7 Å². The SMILES string of the molecule is O=C([O-])CSc1nc(Cl)cc(N2CCN(C(=O)C3CCCC3)CC2)n1. The van der Waals surface area contributed by atoms with Gasteiger partial charge >= 0.3 is 0 Å². The van der Waals surface area contributed by atoms with E-state index in [2.05, 4.69) is 14.9 Å². The molecule has 0 unspecified atom stereocenters. The molecule has 1 aromatic rings. The molecule has 136 valence electrons. The quantitative estimate of drug-likeness (QED) is 0.422. The van der Waals surface area contributed by atoms with Crippen LogP contribution < -0.4 is 10.0 Å². The topological polar surface area (TPSA) is 89.5 Å². The molecule has 3 rings (SSSR count). The van der Waals surface area contributed by atoms with Crippen molar-refractivity contribution < 1.29 is 14.7 Å². The standard InChI is InChI=1S/C16H21ClN4O3S/c17-12-9-13(19-16(18-12)25-10-14(22)23)20-5-7-21(8-6-20)15(24)11-3-1-2-4-11/h9,11H,1-8,10H2,(H,22,23)/p-1. The molecule has 9 heteroatoms. The monoisotopic (exact) mass is 383 g/mol. The molecule has 0 aromatic carbocycles. The predicted octanol–water partition coefficient (Wildman–Crippen LogP) is 0.811. The second-order valence-corrected chi connectivity index (χ2v) is 7.62. The second-order valence-electron chi connectivity index (χ2n) is 6.29. The molecule has 1 saturated carbocycles. The van der Waals surface area contributed by atoms with Crippen LogP contribution in [0, 0.1) is 5.92 Å². The van der Waals surface area contributed by atoms with Gasteiger partial charge in [-0.15, -0.1) is 0 Å². The van der Waals surface area contributed by atoms with Crippen molar-refractivity contribution in [3.8, 4) is 0 Å². The third-order valence-electron chi connectivity index (χ3n) is 4.60. The molecule has 1 amide bonds. The van der Waals surface area contributed by atoms with E-state index in [1.165, 1.54) is 0 Å². The van der Waals surface area contributed by atoms with Gasteiger partial charge in [-0.3, -0.25) is 4.79 Å². The molecule has 7 nitrogen and oxygen atoms in total. The normalized spacial score (nSPS) is 18.6. The molecule has 1 saturated heterocycles. The number of aromatic nitrogens is 2. The number of piperazine rings is 1. The Hall–Kier alpha value is -1.54. The van der Waals surface area contributed by atoms with Gasteiger partial charge in [0.25, 0.3) is 0 Å². The van der Waals surface area contributed by atoms with Gasteiger partial charge in [0.2, 0.25) is 5.91 Å². The lowest BCUT2D eigenvalue weighted by molar-refractivity contribution is -0.301. The van der Waals surface area contributed by atoms with Crippen molar-refractivity contribution in [3.63, 3.8) is 0 Å². The van der Waals surface area contributed by atoms with Gasteiger partial charge in [0, 0.05) is 43.9 Å². The van der Waals surface area contributed by atoms with Crippen molar-refractivity contribution in [2.24, 2.45) is 5.92 Å². The van der Waals surface area contributed by atoms with Crippen LogP contribution >= 0.6 is 23.4 Å². The maximum absolute atomic E-state index is 12.5. The van der Waals surface area contributed by atoms with Gasteiger partial charge in [-0.2, -0.15) is 0 Å². The van der Waals surface area contributed by atoms with Crippen molar-refractivity contribution in [1.29, 1.82) is 0 Å². The van der Waals surface area contributed by atoms with E-state index in [0.717, 1.165) is 37.4 Å². The van der Waals surface area contributed by atoms with Gasteiger partial charge in [-0.1, -0.05) is 36.2 Å². The Bertz CT molecular complexity index is 646. The molecule has 1 aliphatic carbocycles. The summed E-state index contributed by atoms with van der Waals surface area (Å²) in [7, 11) is 0. The highest BCUT2D eigenvalue weighted by molar-refractivity contribution is 7.99.